The molecule has 0 heterocycles. The first-order valence-corrected chi connectivity index (χ1v) is 12.6. The van der Waals surface area contributed by atoms with Crippen LogP contribution in [0.4, 0.5) is 0 Å². The van der Waals surface area contributed by atoms with Gasteiger partial charge in [-0.15, -0.1) is 0 Å². The van der Waals surface area contributed by atoms with Crippen molar-refractivity contribution in [1.82, 2.24) is 0 Å². The molecule has 6 heteroatoms. The van der Waals surface area contributed by atoms with E-state index in [0.29, 0.717) is 6.42 Å². The van der Waals surface area contributed by atoms with Crippen LogP contribution in [0, 0.1) is 11.3 Å². The summed E-state index contributed by atoms with van der Waals surface area (Å²) in [6.45, 7) is 2.21. The van der Waals surface area contributed by atoms with Gasteiger partial charge in [-0.3, -0.25) is 14.4 Å². The average Bonchev–Trinajstić information content (AvgIpc) is 2.78. The molecule has 1 rings (SSSR count). The maximum atomic E-state index is 12.0. The van der Waals surface area contributed by atoms with Crippen molar-refractivity contribution >= 4 is 17.9 Å². The Morgan fingerprint density at radius 2 is 1.18 bits per heavy atom. The molecule has 0 bridgehead atoms. The quantitative estimate of drug-likeness (QED) is 0.149. The van der Waals surface area contributed by atoms with Crippen LogP contribution in [-0.2, 0) is 20.8 Å². The zero-order valence-corrected chi connectivity index (χ0v) is 20.1. The molecule has 0 aromatic heterocycles. The van der Waals surface area contributed by atoms with Gasteiger partial charge in [-0.25, -0.2) is 0 Å². The third-order valence-electron chi connectivity index (χ3n) is 6.54. The second kappa shape index (κ2) is 16.3. The molecule has 0 radical (unpaired) electrons. The molecule has 0 aliphatic heterocycles. The SMILES string of the molecule is CCCCCCCCCCCCCCC(CC(Cc1ccccc1)C(=O)O)(C(=O)O)C(=O)O. The highest BCUT2D eigenvalue weighted by Gasteiger charge is 2.48. The number of unbranched alkanes of at least 4 members (excludes halogenated alkanes) is 11. The molecule has 1 aromatic carbocycles. The zero-order chi connectivity index (χ0) is 24.5. The van der Waals surface area contributed by atoms with E-state index in [1.165, 1.54) is 44.9 Å². The van der Waals surface area contributed by atoms with E-state index in [-0.39, 0.29) is 12.8 Å². The third kappa shape index (κ3) is 10.9. The fourth-order valence-corrected chi connectivity index (χ4v) is 4.42. The number of carbonyl (C=O) groups is 3. The van der Waals surface area contributed by atoms with Crippen molar-refractivity contribution in [3.05, 3.63) is 35.9 Å². The van der Waals surface area contributed by atoms with Gasteiger partial charge in [0.1, 0.15) is 0 Å². The maximum Gasteiger partial charge on any atom is 0.321 e. The molecule has 0 spiro atoms. The van der Waals surface area contributed by atoms with E-state index in [4.69, 9.17) is 0 Å². The van der Waals surface area contributed by atoms with E-state index in [1.807, 2.05) is 6.07 Å². The summed E-state index contributed by atoms with van der Waals surface area (Å²) in [4.78, 5) is 35.9. The minimum Gasteiger partial charge on any atom is -0.481 e. The predicted octanol–water partition coefficient (Wildman–Crippen LogP) is 6.57. The first kappa shape index (κ1) is 28.7. The molecule has 3 N–H and O–H groups in total. The molecule has 0 aliphatic carbocycles. The molecule has 6 nitrogen and oxygen atoms in total. The van der Waals surface area contributed by atoms with Gasteiger partial charge in [-0.2, -0.15) is 0 Å². The highest BCUT2D eigenvalue weighted by molar-refractivity contribution is 5.98. The lowest BCUT2D eigenvalue weighted by Gasteiger charge is -2.28. The van der Waals surface area contributed by atoms with Crippen LogP contribution in [0.15, 0.2) is 30.3 Å². The number of carboxylic acid groups (broad SMARTS) is 3. The minimum absolute atomic E-state index is 0.0480. The highest BCUT2D eigenvalue weighted by atomic mass is 16.4. The molecule has 33 heavy (non-hydrogen) atoms. The predicted molar refractivity (Wildman–Crippen MR) is 129 cm³/mol. The Balaban J connectivity index is 2.51. The van der Waals surface area contributed by atoms with E-state index in [1.54, 1.807) is 24.3 Å². The van der Waals surface area contributed by atoms with Gasteiger partial charge < -0.3 is 15.3 Å². The van der Waals surface area contributed by atoms with Crippen molar-refractivity contribution in [2.75, 3.05) is 0 Å². The number of benzene rings is 1. The summed E-state index contributed by atoms with van der Waals surface area (Å²) in [6, 6.07) is 8.91. The molecular weight excluding hydrogens is 420 g/mol. The normalized spacial score (nSPS) is 12.4. The van der Waals surface area contributed by atoms with Gasteiger partial charge in [0.05, 0.1) is 5.92 Å². The van der Waals surface area contributed by atoms with E-state index >= 15 is 0 Å². The van der Waals surface area contributed by atoms with Crippen molar-refractivity contribution in [1.29, 1.82) is 0 Å². The number of rotatable bonds is 20. The number of aliphatic carboxylic acids is 3. The smallest absolute Gasteiger partial charge is 0.321 e. The summed E-state index contributed by atoms with van der Waals surface area (Å²) >= 11 is 0. The van der Waals surface area contributed by atoms with Crippen molar-refractivity contribution < 1.29 is 29.7 Å². The van der Waals surface area contributed by atoms with Gasteiger partial charge in [-0.05, 0) is 24.8 Å². The summed E-state index contributed by atoms with van der Waals surface area (Å²) in [6.07, 6.45) is 13.0. The van der Waals surface area contributed by atoms with Crippen LogP contribution in [0.25, 0.3) is 0 Å². The fraction of sp³-hybridized carbons (Fsp3) is 0.667. The Kier molecular flexibility index (Phi) is 14.1. The second-order valence-electron chi connectivity index (χ2n) is 9.26. The first-order valence-electron chi connectivity index (χ1n) is 12.6. The van der Waals surface area contributed by atoms with E-state index in [9.17, 15) is 29.7 Å². The van der Waals surface area contributed by atoms with Crippen LogP contribution in [0.2, 0.25) is 0 Å². The number of hydrogen-bond donors (Lipinski definition) is 3. The van der Waals surface area contributed by atoms with Gasteiger partial charge >= 0.3 is 17.9 Å². The summed E-state index contributed by atoms with van der Waals surface area (Å²) in [5.41, 5.74) is -1.32. The largest absolute Gasteiger partial charge is 0.481 e. The Bertz CT molecular complexity index is 686. The Morgan fingerprint density at radius 3 is 1.61 bits per heavy atom. The molecule has 0 saturated carbocycles. The second-order valence-corrected chi connectivity index (χ2v) is 9.26. The van der Waals surface area contributed by atoms with Gasteiger partial charge in [0, 0.05) is 0 Å². The lowest BCUT2D eigenvalue weighted by atomic mass is 9.74. The van der Waals surface area contributed by atoms with Gasteiger partial charge in [0.2, 0.25) is 0 Å². The summed E-state index contributed by atoms with van der Waals surface area (Å²) in [5, 5.41) is 29.2. The Labute approximate surface area is 198 Å². The molecule has 0 saturated heterocycles. The average molecular weight is 463 g/mol. The van der Waals surface area contributed by atoms with Gasteiger partial charge in [0.25, 0.3) is 0 Å². The molecule has 1 atom stereocenters. The van der Waals surface area contributed by atoms with E-state index in [0.717, 1.165) is 31.2 Å². The molecule has 0 aliphatic rings. The summed E-state index contributed by atoms with van der Waals surface area (Å²) in [7, 11) is 0. The lowest BCUT2D eigenvalue weighted by molar-refractivity contribution is -0.167. The van der Waals surface area contributed by atoms with E-state index in [2.05, 4.69) is 6.92 Å². The zero-order valence-electron chi connectivity index (χ0n) is 20.1. The minimum atomic E-state index is -2.07. The molecule has 0 amide bonds. The Morgan fingerprint density at radius 1 is 0.727 bits per heavy atom. The van der Waals surface area contributed by atoms with Crippen LogP contribution in [0.1, 0.15) is 102 Å². The van der Waals surface area contributed by atoms with Crippen molar-refractivity contribution in [3.8, 4) is 0 Å². The third-order valence-corrected chi connectivity index (χ3v) is 6.54. The van der Waals surface area contributed by atoms with Gasteiger partial charge in [0.15, 0.2) is 5.41 Å². The lowest BCUT2D eigenvalue weighted by Crippen LogP contribution is -2.42. The monoisotopic (exact) mass is 462 g/mol. The van der Waals surface area contributed by atoms with Crippen molar-refractivity contribution in [2.24, 2.45) is 11.3 Å². The van der Waals surface area contributed by atoms with Crippen molar-refractivity contribution in [3.63, 3.8) is 0 Å². The van der Waals surface area contributed by atoms with Crippen molar-refractivity contribution in [2.45, 2.75) is 103 Å². The fourth-order valence-electron chi connectivity index (χ4n) is 4.42. The van der Waals surface area contributed by atoms with Crippen LogP contribution in [0.5, 0.6) is 0 Å². The van der Waals surface area contributed by atoms with E-state index < -0.39 is 35.7 Å². The molecule has 0 fully saturated rings. The molecule has 1 unspecified atom stereocenters. The number of hydrogen-bond acceptors (Lipinski definition) is 3. The first-order chi connectivity index (χ1) is 15.8. The Hall–Kier alpha value is -2.37. The topological polar surface area (TPSA) is 112 Å². The summed E-state index contributed by atoms with van der Waals surface area (Å²) < 4.78 is 0. The van der Waals surface area contributed by atoms with Crippen LogP contribution in [-0.4, -0.2) is 33.2 Å². The van der Waals surface area contributed by atoms with Gasteiger partial charge in [-0.1, -0.05) is 114 Å². The molecular formula is C27H42O6. The maximum absolute atomic E-state index is 12.0. The standard InChI is InChI=1S/C27H42O6/c1-2-3-4-5-6-7-8-9-10-11-12-16-19-27(25(30)31,26(32)33)21-23(24(28)29)20-22-17-14-13-15-18-22/h13-15,17-18,23H,2-12,16,19-21H2,1H3,(H,28,29)(H,30,31)(H,32,33). The van der Waals surface area contributed by atoms with Crippen LogP contribution in [0.3, 0.4) is 0 Å². The molecule has 186 valence electrons. The highest BCUT2D eigenvalue weighted by Crippen LogP contribution is 2.35. The molecule has 1 aromatic rings. The summed E-state index contributed by atoms with van der Waals surface area (Å²) in [5.74, 6) is -5.13. The van der Waals surface area contributed by atoms with Crippen LogP contribution < -0.4 is 0 Å². The number of carboxylic acids is 3. The van der Waals surface area contributed by atoms with Crippen LogP contribution >= 0.6 is 0 Å².